The van der Waals surface area contributed by atoms with Crippen LogP contribution >= 0.6 is 23.2 Å². The molecule has 4 nitrogen and oxygen atoms in total. The molecule has 2 N–H and O–H groups in total. The van der Waals surface area contributed by atoms with Crippen LogP contribution in [-0.2, 0) is 13.2 Å². The van der Waals surface area contributed by atoms with Crippen molar-refractivity contribution in [2.75, 3.05) is 11.8 Å². The van der Waals surface area contributed by atoms with E-state index < -0.39 is 18.2 Å². The molecule has 0 atom stereocenters. The fourth-order valence-electron chi connectivity index (χ4n) is 1.71. The molecule has 18 heavy (non-hydrogen) atoms. The number of aliphatic hydroxyl groups is 2. The van der Waals surface area contributed by atoms with E-state index in [2.05, 4.69) is 0 Å². The topological polar surface area (TPSA) is 74.6 Å². The molecule has 0 radical (unpaired) electrons. The van der Waals surface area contributed by atoms with Crippen LogP contribution in [0.2, 0.25) is 0 Å². The maximum atomic E-state index is 11.8. The quantitative estimate of drug-likeness (QED) is 0.615. The highest BCUT2D eigenvalue weighted by Crippen LogP contribution is 2.22. The standard InChI is InChI=1S/C12H12Cl2O4/c13-3-10(17)8-2-1-7(5-15)9(6-16)12(8)11(18)4-14/h1-2,15-16H,3-6H2. The predicted octanol–water partition coefficient (Wildman–Crippen LogP) is 1.51. The third-order valence-electron chi connectivity index (χ3n) is 2.56. The average molecular weight is 291 g/mol. The molecule has 0 aliphatic heterocycles. The maximum Gasteiger partial charge on any atom is 0.178 e. The van der Waals surface area contributed by atoms with Gasteiger partial charge in [-0.3, -0.25) is 9.59 Å². The zero-order chi connectivity index (χ0) is 13.7. The number of alkyl halides is 2. The number of aliphatic hydroxyl groups excluding tert-OH is 2. The monoisotopic (exact) mass is 290 g/mol. The molecule has 0 heterocycles. The molecule has 0 aliphatic carbocycles. The molecular formula is C12H12Cl2O4. The van der Waals surface area contributed by atoms with E-state index in [0.29, 0.717) is 5.56 Å². The van der Waals surface area contributed by atoms with Crippen molar-refractivity contribution in [1.82, 2.24) is 0 Å². The summed E-state index contributed by atoms with van der Waals surface area (Å²) < 4.78 is 0. The van der Waals surface area contributed by atoms with E-state index in [-0.39, 0.29) is 35.1 Å². The number of hydrogen-bond donors (Lipinski definition) is 2. The molecule has 1 aromatic rings. The van der Waals surface area contributed by atoms with Gasteiger partial charge in [0.15, 0.2) is 11.6 Å². The minimum Gasteiger partial charge on any atom is -0.392 e. The van der Waals surface area contributed by atoms with E-state index in [1.54, 1.807) is 0 Å². The van der Waals surface area contributed by atoms with E-state index in [4.69, 9.17) is 28.3 Å². The van der Waals surface area contributed by atoms with Crippen LogP contribution < -0.4 is 0 Å². The highest BCUT2D eigenvalue weighted by molar-refractivity contribution is 6.34. The third kappa shape index (κ3) is 2.90. The second-order valence-corrected chi connectivity index (χ2v) is 4.09. The Morgan fingerprint density at radius 2 is 1.61 bits per heavy atom. The van der Waals surface area contributed by atoms with Crippen LogP contribution in [0.25, 0.3) is 0 Å². The number of rotatable bonds is 6. The number of carbonyl (C=O) groups is 2. The molecule has 0 aromatic heterocycles. The van der Waals surface area contributed by atoms with Crippen molar-refractivity contribution in [3.05, 3.63) is 34.4 Å². The summed E-state index contributed by atoms with van der Waals surface area (Å²) in [5.41, 5.74) is 0.776. The Morgan fingerprint density at radius 1 is 1.00 bits per heavy atom. The van der Waals surface area contributed by atoms with Gasteiger partial charge in [-0.1, -0.05) is 12.1 Å². The van der Waals surface area contributed by atoms with Gasteiger partial charge in [0.25, 0.3) is 0 Å². The Hall–Kier alpha value is -0.940. The summed E-state index contributed by atoms with van der Waals surface area (Å²) in [7, 11) is 0. The molecule has 0 fully saturated rings. The number of carbonyl (C=O) groups excluding carboxylic acids is 2. The molecule has 0 aliphatic rings. The molecular weight excluding hydrogens is 279 g/mol. The number of halogens is 2. The largest absolute Gasteiger partial charge is 0.392 e. The normalized spacial score (nSPS) is 10.4. The lowest BCUT2D eigenvalue weighted by Crippen LogP contribution is -2.16. The second kappa shape index (κ2) is 6.85. The summed E-state index contributed by atoms with van der Waals surface area (Å²) in [5, 5.41) is 18.5. The first kappa shape index (κ1) is 15.1. The molecule has 6 heteroatoms. The van der Waals surface area contributed by atoms with E-state index in [1.807, 2.05) is 0 Å². The van der Waals surface area contributed by atoms with E-state index in [1.165, 1.54) is 12.1 Å². The van der Waals surface area contributed by atoms with Crippen molar-refractivity contribution in [3.8, 4) is 0 Å². The van der Waals surface area contributed by atoms with Gasteiger partial charge >= 0.3 is 0 Å². The van der Waals surface area contributed by atoms with Crippen LogP contribution in [0.4, 0.5) is 0 Å². The van der Waals surface area contributed by atoms with Crippen molar-refractivity contribution >= 4 is 34.8 Å². The number of ketones is 2. The van der Waals surface area contributed by atoms with E-state index in [9.17, 15) is 14.7 Å². The Labute approximate surface area is 114 Å². The maximum absolute atomic E-state index is 11.8. The lowest BCUT2D eigenvalue weighted by Gasteiger charge is -2.14. The van der Waals surface area contributed by atoms with E-state index >= 15 is 0 Å². The lowest BCUT2D eigenvalue weighted by atomic mass is 9.92. The Morgan fingerprint density at radius 3 is 2.06 bits per heavy atom. The van der Waals surface area contributed by atoms with Crippen molar-refractivity contribution in [3.63, 3.8) is 0 Å². The Balaban J connectivity index is 3.53. The molecule has 1 aromatic carbocycles. The van der Waals surface area contributed by atoms with Crippen LogP contribution in [-0.4, -0.2) is 33.5 Å². The molecule has 98 valence electrons. The average Bonchev–Trinajstić information content (AvgIpc) is 2.43. The van der Waals surface area contributed by atoms with Gasteiger partial charge in [0, 0.05) is 11.1 Å². The zero-order valence-electron chi connectivity index (χ0n) is 9.45. The van der Waals surface area contributed by atoms with Gasteiger partial charge in [0.2, 0.25) is 0 Å². The Bertz CT molecular complexity index is 471. The molecule has 0 amide bonds. The minimum absolute atomic E-state index is 0.0460. The van der Waals surface area contributed by atoms with Gasteiger partial charge in [0.05, 0.1) is 25.0 Å². The van der Waals surface area contributed by atoms with Gasteiger partial charge in [-0.15, -0.1) is 23.2 Å². The lowest BCUT2D eigenvalue weighted by molar-refractivity contribution is 0.0981. The highest BCUT2D eigenvalue weighted by Gasteiger charge is 2.21. The summed E-state index contributed by atoms with van der Waals surface area (Å²) in [5.74, 6) is -1.50. The van der Waals surface area contributed by atoms with Crippen LogP contribution in [0.5, 0.6) is 0 Å². The van der Waals surface area contributed by atoms with Gasteiger partial charge in [-0.2, -0.15) is 0 Å². The molecule has 0 saturated heterocycles. The van der Waals surface area contributed by atoms with Crippen LogP contribution in [0.3, 0.4) is 0 Å². The van der Waals surface area contributed by atoms with Gasteiger partial charge in [-0.05, 0) is 11.1 Å². The Kier molecular flexibility index (Phi) is 5.75. The fraction of sp³-hybridized carbons (Fsp3) is 0.333. The minimum atomic E-state index is -0.482. The second-order valence-electron chi connectivity index (χ2n) is 3.56. The first-order chi connectivity index (χ1) is 8.60. The molecule has 0 spiro atoms. The predicted molar refractivity (Wildman–Crippen MR) is 68.4 cm³/mol. The van der Waals surface area contributed by atoms with Crippen molar-refractivity contribution in [1.29, 1.82) is 0 Å². The first-order valence-corrected chi connectivity index (χ1v) is 6.22. The zero-order valence-corrected chi connectivity index (χ0v) is 11.0. The number of Topliss-reactive ketones (excluding diaryl/α,β-unsaturated/α-hetero) is 2. The summed E-state index contributed by atoms with van der Waals surface area (Å²) >= 11 is 11.0. The summed E-state index contributed by atoms with van der Waals surface area (Å²) in [4.78, 5) is 23.4. The molecule has 0 saturated carbocycles. The molecule has 0 bridgehead atoms. The number of hydrogen-bond acceptors (Lipinski definition) is 4. The van der Waals surface area contributed by atoms with Crippen LogP contribution in [0.15, 0.2) is 12.1 Å². The molecule has 0 unspecified atom stereocenters. The van der Waals surface area contributed by atoms with Crippen LogP contribution in [0, 0.1) is 0 Å². The molecule has 1 rings (SSSR count). The summed E-state index contributed by atoms with van der Waals surface area (Å²) in [6, 6.07) is 2.89. The van der Waals surface area contributed by atoms with Crippen LogP contribution in [0.1, 0.15) is 31.8 Å². The van der Waals surface area contributed by atoms with Gasteiger partial charge in [0.1, 0.15) is 0 Å². The van der Waals surface area contributed by atoms with E-state index in [0.717, 1.165) is 0 Å². The summed E-state index contributed by atoms with van der Waals surface area (Å²) in [6.07, 6.45) is 0. The van der Waals surface area contributed by atoms with Gasteiger partial charge in [-0.25, -0.2) is 0 Å². The third-order valence-corrected chi connectivity index (χ3v) is 3.05. The fourth-order valence-corrected chi connectivity index (χ4v) is 1.99. The van der Waals surface area contributed by atoms with Crippen molar-refractivity contribution in [2.24, 2.45) is 0 Å². The first-order valence-electron chi connectivity index (χ1n) is 5.15. The SMILES string of the molecule is O=C(CCl)c1ccc(CO)c(CO)c1C(=O)CCl. The number of benzene rings is 1. The van der Waals surface area contributed by atoms with Crippen molar-refractivity contribution < 1.29 is 19.8 Å². The highest BCUT2D eigenvalue weighted by atomic mass is 35.5. The smallest absolute Gasteiger partial charge is 0.178 e. The van der Waals surface area contributed by atoms with Gasteiger partial charge < -0.3 is 10.2 Å². The summed E-state index contributed by atoms with van der Waals surface area (Å²) in [6.45, 7) is -0.801. The van der Waals surface area contributed by atoms with Crippen molar-refractivity contribution in [2.45, 2.75) is 13.2 Å².